The van der Waals surface area contributed by atoms with E-state index in [-0.39, 0.29) is 38.1 Å². The number of aryl methyl sites for hydroxylation is 2. The van der Waals surface area contributed by atoms with Gasteiger partial charge < -0.3 is 4.57 Å². The van der Waals surface area contributed by atoms with E-state index >= 15 is 0 Å². The summed E-state index contributed by atoms with van der Waals surface area (Å²) >= 11 is 18.4. The van der Waals surface area contributed by atoms with Crippen molar-refractivity contribution in [2.24, 2.45) is 5.92 Å². The molecule has 0 aliphatic heterocycles. The zero-order valence-corrected chi connectivity index (χ0v) is 22.1. The van der Waals surface area contributed by atoms with Crippen LogP contribution in [0.3, 0.4) is 0 Å². The third kappa shape index (κ3) is 5.45. The molecule has 0 radical (unpaired) electrons. The number of benzene rings is 2. The fraction of sp³-hybridized carbons (Fsp3) is 0.417. The van der Waals surface area contributed by atoms with Crippen molar-refractivity contribution in [3.8, 4) is 0 Å². The van der Waals surface area contributed by atoms with E-state index in [9.17, 15) is 14.2 Å². The van der Waals surface area contributed by atoms with Gasteiger partial charge in [0, 0.05) is 16.7 Å². The molecular formula is C24H28Cl3O3P. The Kier molecular flexibility index (Phi) is 7.92. The lowest BCUT2D eigenvalue weighted by atomic mass is 9.84. The van der Waals surface area contributed by atoms with Crippen LogP contribution in [0.2, 0.25) is 15.1 Å². The molecule has 0 bridgehead atoms. The van der Waals surface area contributed by atoms with Gasteiger partial charge in [0.05, 0.1) is 15.6 Å². The Hall–Kier alpha value is -1.12. The van der Waals surface area contributed by atoms with E-state index in [4.69, 9.17) is 34.8 Å². The van der Waals surface area contributed by atoms with E-state index in [1.54, 1.807) is 0 Å². The molecular weight excluding hydrogens is 474 g/mol. The molecule has 168 valence electrons. The molecule has 0 N–H and O–H groups in total. The van der Waals surface area contributed by atoms with Crippen LogP contribution >= 0.6 is 41.9 Å². The second kappa shape index (κ2) is 9.40. The molecule has 3 nitrogen and oxygen atoms in total. The Morgan fingerprint density at radius 3 is 1.68 bits per heavy atom. The van der Waals surface area contributed by atoms with Crippen LogP contribution in [0, 0.1) is 19.8 Å². The maximum absolute atomic E-state index is 14.2. The normalized spacial score (nSPS) is 13.9. The van der Waals surface area contributed by atoms with Gasteiger partial charge in [-0.3, -0.25) is 9.59 Å². The number of carbonyl (C=O) groups excluding carboxylic acids is 2. The number of hydrogen-bond acceptors (Lipinski definition) is 3. The first-order valence-corrected chi connectivity index (χ1v) is 13.1. The van der Waals surface area contributed by atoms with Crippen LogP contribution in [-0.4, -0.2) is 17.2 Å². The van der Waals surface area contributed by atoms with Gasteiger partial charge in [0.15, 0.2) is 0 Å². The highest BCUT2D eigenvalue weighted by atomic mass is 35.5. The third-order valence-corrected chi connectivity index (χ3v) is 8.93. The third-order valence-electron chi connectivity index (χ3n) is 5.11. The average molecular weight is 502 g/mol. The van der Waals surface area contributed by atoms with Crippen LogP contribution in [0.4, 0.5) is 0 Å². The molecule has 7 heteroatoms. The number of halogens is 3. The van der Waals surface area contributed by atoms with Crippen molar-refractivity contribution in [3.05, 3.63) is 67.2 Å². The van der Waals surface area contributed by atoms with Gasteiger partial charge in [-0.15, -0.1) is 0 Å². The number of hydrogen-bond donors (Lipinski definition) is 0. The second-order valence-corrected chi connectivity index (χ2v) is 13.3. The molecule has 0 amide bonds. The predicted octanol–water partition coefficient (Wildman–Crippen LogP) is 8.56. The molecule has 31 heavy (non-hydrogen) atoms. The number of rotatable bonds is 6. The summed E-state index contributed by atoms with van der Waals surface area (Å²) in [6, 6.07) is 6.57. The van der Waals surface area contributed by atoms with Crippen LogP contribution in [-0.2, 0) is 9.98 Å². The van der Waals surface area contributed by atoms with Crippen LogP contribution < -0.4 is 0 Å². The highest BCUT2D eigenvalue weighted by Gasteiger charge is 2.44. The monoisotopic (exact) mass is 500 g/mol. The molecule has 0 saturated heterocycles. The van der Waals surface area contributed by atoms with Crippen molar-refractivity contribution in [2.45, 2.75) is 53.9 Å². The van der Waals surface area contributed by atoms with Crippen molar-refractivity contribution >= 4 is 53.0 Å². The van der Waals surface area contributed by atoms with Crippen molar-refractivity contribution in [1.29, 1.82) is 0 Å². The van der Waals surface area contributed by atoms with Crippen LogP contribution in [0.5, 0.6) is 0 Å². The molecule has 0 aliphatic carbocycles. The van der Waals surface area contributed by atoms with E-state index in [0.717, 1.165) is 5.56 Å². The maximum Gasteiger partial charge on any atom is 0.231 e. The first-order chi connectivity index (χ1) is 14.1. The summed E-state index contributed by atoms with van der Waals surface area (Å²) in [6.45, 7) is 13.5. The first-order valence-electron chi connectivity index (χ1n) is 10.0. The Morgan fingerprint density at radius 1 is 0.871 bits per heavy atom. The van der Waals surface area contributed by atoms with Crippen LogP contribution in [0.1, 0.15) is 72.0 Å². The minimum absolute atomic E-state index is 0.0178. The summed E-state index contributed by atoms with van der Waals surface area (Å²) in [5, 5.41) is 0.215. The molecule has 0 fully saturated rings. The molecule has 1 unspecified atom stereocenters. The van der Waals surface area contributed by atoms with Gasteiger partial charge in [0.2, 0.25) is 18.2 Å². The largest absolute Gasteiger partial charge is 0.307 e. The predicted molar refractivity (Wildman–Crippen MR) is 132 cm³/mol. The van der Waals surface area contributed by atoms with Gasteiger partial charge >= 0.3 is 0 Å². The number of carbonyl (C=O) groups is 2. The van der Waals surface area contributed by atoms with E-state index in [1.165, 1.54) is 12.1 Å². The lowest BCUT2D eigenvalue weighted by molar-refractivity contribution is 0.103. The fourth-order valence-corrected chi connectivity index (χ4v) is 7.59. The highest BCUT2D eigenvalue weighted by Crippen LogP contribution is 2.55. The Morgan fingerprint density at radius 2 is 1.29 bits per heavy atom. The summed E-state index contributed by atoms with van der Waals surface area (Å²) in [6.07, 6.45) is -0.0696. The Labute approximate surface area is 199 Å². The Balaban J connectivity index is 2.71. The van der Waals surface area contributed by atoms with Gasteiger partial charge in [0.1, 0.15) is 0 Å². The molecule has 0 saturated carbocycles. The van der Waals surface area contributed by atoms with Crippen molar-refractivity contribution in [1.82, 2.24) is 0 Å². The molecule has 0 spiro atoms. The summed E-state index contributed by atoms with van der Waals surface area (Å²) < 4.78 is 14.2. The molecule has 1 atom stereocenters. The molecule has 0 aromatic heterocycles. The lowest BCUT2D eigenvalue weighted by Gasteiger charge is -2.24. The second-order valence-electron chi connectivity index (χ2n) is 9.41. The Bertz CT molecular complexity index is 1050. The fourth-order valence-electron chi connectivity index (χ4n) is 3.61. The van der Waals surface area contributed by atoms with Gasteiger partial charge in [-0.1, -0.05) is 81.6 Å². The standard InChI is InChI=1S/C24H28Cl3O3P/c1-13(2)12-31(30,23(29)21-18(26)10-17(25)11-19(21)27)22(28)20-14(3)8-16(9-15(20)4)24(5,6)7/h8-11,13H,12H2,1-7H3. The van der Waals surface area contributed by atoms with Gasteiger partial charge in [-0.2, -0.15) is 0 Å². The van der Waals surface area contributed by atoms with E-state index in [0.29, 0.717) is 16.7 Å². The molecule has 2 aromatic carbocycles. The molecule has 2 aromatic rings. The first kappa shape index (κ1) is 26.1. The topological polar surface area (TPSA) is 51.2 Å². The maximum atomic E-state index is 14.2. The minimum Gasteiger partial charge on any atom is -0.307 e. The van der Waals surface area contributed by atoms with Crippen molar-refractivity contribution < 1.29 is 14.2 Å². The van der Waals surface area contributed by atoms with Crippen molar-refractivity contribution in [2.75, 3.05) is 6.16 Å². The van der Waals surface area contributed by atoms with Crippen molar-refractivity contribution in [3.63, 3.8) is 0 Å². The smallest absolute Gasteiger partial charge is 0.231 e. The quantitative estimate of drug-likeness (QED) is 0.372. The molecule has 0 heterocycles. The zero-order valence-electron chi connectivity index (χ0n) is 18.9. The van der Waals surface area contributed by atoms with Gasteiger partial charge in [-0.25, -0.2) is 0 Å². The highest BCUT2D eigenvalue weighted by molar-refractivity contribution is 7.95. The minimum atomic E-state index is -4.07. The lowest BCUT2D eigenvalue weighted by Crippen LogP contribution is -2.19. The van der Waals surface area contributed by atoms with Crippen LogP contribution in [0.15, 0.2) is 24.3 Å². The summed E-state index contributed by atoms with van der Waals surface area (Å²) in [5.74, 6) is -0.155. The summed E-state index contributed by atoms with van der Waals surface area (Å²) in [4.78, 5) is 27.2. The van der Waals surface area contributed by atoms with E-state index in [2.05, 4.69) is 20.8 Å². The SMILES string of the molecule is Cc1cc(C(C)(C)C)cc(C)c1C(=O)P(=O)(CC(C)C)C(=O)c1c(Cl)cc(Cl)cc1Cl. The molecule has 0 aliphatic rings. The van der Waals surface area contributed by atoms with Gasteiger partial charge in [0.25, 0.3) is 0 Å². The van der Waals surface area contributed by atoms with Crippen LogP contribution in [0.25, 0.3) is 0 Å². The summed E-state index contributed by atoms with van der Waals surface area (Å²) in [7, 11) is -4.07. The van der Waals surface area contributed by atoms with E-state index in [1.807, 2.05) is 39.8 Å². The summed E-state index contributed by atoms with van der Waals surface area (Å²) in [5.41, 5.74) is 1.07. The molecule has 2 rings (SSSR count). The van der Waals surface area contributed by atoms with Gasteiger partial charge in [-0.05, 0) is 54.0 Å². The average Bonchev–Trinajstić information content (AvgIpc) is 2.58. The zero-order chi connectivity index (χ0) is 23.9. The van der Waals surface area contributed by atoms with E-state index < -0.39 is 18.2 Å².